The average Bonchev–Trinajstić information content (AvgIpc) is 0.688. The van der Waals surface area contributed by atoms with E-state index in [9.17, 15) is 0 Å². The van der Waals surface area contributed by atoms with Crippen molar-refractivity contribution < 1.29 is 0 Å². The highest BCUT2D eigenvalue weighted by atomic mass is 15.2. The number of benzene rings is 14. The Labute approximate surface area is 560 Å². The second-order valence-electron chi connectivity index (χ2n) is 27.6. The molecular formula is C92H73BN2. The Morgan fingerprint density at radius 1 is 0.221 bits per heavy atom. The van der Waals surface area contributed by atoms with E-state index >= 15 is 0 Å². The van der Waals surface area contributed by atoms with Crippen molar-refractivity contribution in [2.75, 3.05) is 9.80 Å². The summed E-state index contributed by atoms with van der Waals surface area (Å²) in [5, 5.41) is 0. The Bertz CT molecular complexity index is 4750. The summed E-state index contributed by atoms with van der Waals surface area (Å²) in [4.78, 5) is 5.39. The standard InChI is InChI=1S/C92H73BN2/c1-91(2,3)75-49-50-76(81(61-75)92(4,5)6)74-59-86-88-87(60-74)95(90-79(68-43-27-13-28-44-68)55-73(65-37-21-10-22-38-65)56-80(90)69-45-29-14-30-46-69)85-52-48-71(63-33-17-8-18-34-63)58-83(85)93(88)82-57-70(62-31-15-7-16-32-62)47-51-84(82)94(86)89-77(66-39-23-11-24-40-66)53-72(64-35-19-9-20-36-64)54-78(89)67-41-25-12-26-42-67/h7-61H,1-6H3. The molecule has 2 nitrogen and oxygen atoms in total. The predicted molar refractivity (Wildman–Crippen MR) is 407 cm³/mol. The van der Waals surface area contributed by atoms with Crippen molar-refractivity contribution in [3.05, 3.63) is 345 Å². The molecule has 0 unspecified atom stereocenters. The van der Waals surface area contributed by atoms with Gasteiger partial charge in [0.15, 0.2) is 0 Å². The molecule has 2 aliphatic heterocycles. The fraction of sp³-hybridized carbons (Fsp3) is 0.0870. The van der Waals surface area contributed by atoms with Crippen molar-refractivity contribution in [3.8, 4) is 100 Å². The van der Waals surface area contributed by atoms with E-state index in [0.29, 0.717) is 0 Å². The second kappa shape index (κ2) is 24.0. The molecule has 0 radical (unpaired) electrons. The summed E-state index contributed by atoms with van der Waals surface area (Å²) in [7, 11) is 0. The molecule has 14 aromatic rings. The molecule has 0 aromatic heterocycles. The van der Waals surface area contributed by atoms with Gasteiger partial charge in [-0.05, 0) is 165 Å². The maximum Gasteiger partial charge on any atom is 0.252 e. The van der Waals surface area contributed by atoms with Gasteiger partial charge in [0.1, 0.15) is 0 Å². The SMILES string of the molecule is CC(C)(C)c1ccc(-c2cc3c4c(c2)N(c2c(-c5ccccc5)cc(-c5ccccc5)cc2-c2ccccc2)c2ccc(-c5ccccc5)cc2B4c2cc(-c4ccccc4)ccc2N3c2c(-c3ccccc3)cc(-c3ccccc3)cc2-c2ccccc2)c(C(C)(C)C)c1. The zero-order valence-corrected chi connectivity index (χ0v) is 54.7. The minimum Gasteiger partial charge on any atom is -0.310 e. The maximum absolute atomic E-state index is 2.70. The van der Waals surface area contributed by atoms with E-state index in [1.807, 2.05) is 0 Å². The van der Waals surface area contributed by atoms with Crippen molar-refractivity contribution in [3.63, 3.8) is 0 Å². The third-order valence-electron chi connectivity index (χ3n) is 19.5. The van der Waals surface area contributed by atoms with E-state index in [1.165, 1.54) is 55.3 Å². The molecule has 2 heterocycles. The Hall–Kier alpha value is -11.3. The minimum absolute atomic E-state index is 0.0764. The van der Waals surface area contributed by atoms with Crippen molar-refractivity contribution >= 4 is 57.2 Å². The van der Waals surface area contributed by atoms with E-state index < -0.39 is 0 Å². The second-order valence-corrected chi connectivity index (χ2v) is 27.6. The van der Waals surface area contributed by atoms with Gasteiger partial charge < -0.3 is 9.80 Å². The predicted octanol–water partition coefficient (Wildman–Crippen LogP) is 23.4. The van der Waals surface area contributed by atoms with Crippen molar-refractivity contribution in [1.29, 1.82) is 0 Å². The fourth-order valence-corrected chi connectivity index (χ4v) is 14.8. The zero-order chi connectivity index (χ0) is 64.4. The van der Waals surface area contributed by atoms with Crippen LogP contribution in [-0.2, 0) is 10.8 Å². The summed E-state index contributed by atoms with van der Waals surface area (Å²) in [6.45, 7) is 13.9. The Morgan fingerprint density at radius 2 is 0.526 bits per heavy atom. The molecular weight excluding hydrogens is 1140 g/mol. The lowest BCUT2D eigenvalue weighted by molar-refractivity contribution is 0.570. The van der Waals surface area contributed by atoms with Gasteiger partial charge in [-0.1, -0.05) is 327 Å². The molecule has 0 fully saturated rings. The maximum atomic E-state index is 2.70. The summed E-state index contributed by atoms with van der Waals surface area (Å²) in [6.07, 6.45) is 0. The van der Waals surface area contributed by atoms with Crippen LogP contribution >= 0.6 is 0 Å². The molecule has 0 saturated heterocycles. The van der Waals surface area contributed by atoms with E-state index in [1.54, 1.807) is 0 Å². The summed E-state index contributed by atoms with van der Waals surface area (Å²) >= 11 is 0. The van der Waals surface area contributed by atoms with E-state index in [4.69, 9.17) is 0 Å². The van der Waals surface area contributed by atoms with Crippen LogP contribution < -0.4 is 26.2 Å². The van der Waals surface area contributed by atoms with Gasteiger partial charge in [0, 0.05) is 45.0 Å². The molecule has 0 N–H and O–H groups in total. The topological polar surface area (TPSA) is 6.48 Å². The summed E-state index contributed by atoms with van der Waals surface area (Å²) < 4.78 is 0. The molecule has 0 amide bonds. The number of rotatable bonds is 11. The average molecular weight is 1220 g/mol. The Kier molecular flexibility index (Phi) is 14.9. The van der Waals surface area contributed by atoms with Crippen LogP contribution in [0.15, 0.2) is 334 Å². The first kappa shape index (κ1) is 58.8. The quantitative estimate of drug-likeness (QED) is 0.119. The van der Waals surface area contributed by atoms with E-state index in [0.717, 1.165) is 106 Å². The lowest BCUT2D eigenvalue weighted by Crippen LogP contribution is -2.61. The first-order valence-corrected chi connectivity index (χ1v) is 33.4. The molecule has 454 valence electrons. The molecule has 0 atom stereocenters. The van der Waals surface area contributed by atoms with Gasteiger partial charge in [0.05, 0.1) is 11.4 Å². The van der Waals surface area contributed by atoms with Crippen LogP contribution in [0, 0.1) is 0 Å². The number of hydrogen-bond acceptors (Lipinski definition) is 2. The number of hydrogen-bond donors (Lipinski definition) is 0. The van der Waals surface area contributed by atoms with Crippen LogP contribution in [0.3, 0.4) is 0 Å². The van der Waals surface area contributed by atoms with Crippen LogP contribution in [0.1, 0.15) is 52.7 Å². The van der Waals surface area contributed by atoms with Gasteiger partial charge in [-0.25, -0.2) is 0 Å². The monoisotopic (exact) mass is 1220 g/mol. The molecule has 95 heavy (non-hydrogen) atoms. The molecule has 16 rings (SSSR count). The van der Waals surface area contributed by atoms with Gasteiger partial charge in [0.2, 0.25) is 0 Å². The van der Waals surface area contributed by atoms with Crippen LogP contribution in [0.4, 0.5) is 34.1 Å². The third-order valence-corrected chi connectivity index (χ3v) is 19.5. The Morgan fingerprint density at radius 3 is 0.832 bits per heavy atom. The fourth-order valence-electron chi connectivity index (χ4n) is 14.8. The largest absolute Gasteiger partial charge is 0.310 e. The van der Waals surface area contributed by atoms with Crippen molar-refractivity contribution in [2.45, 2.75) is 52.4 Å². The normalized spacial score (nSPS) is 12.5. The van der Waals surface area contributed by atoms with Crippen LogP contribution in [0.25, 0.3) is 100 Å². The van der Waals surface area contributed by atoms with Gasteiger partial charge in [-0.15, -0.1) is 0 Å². The van der Waals surface area contributed by atoms with Gasteiger partial charge in [-0.3, -0.25) is 0 Å². The number of anilines is 6. The van der Waals surface area contributed by atoms with Crippen LogP contribution in [0.2, 0.25) is 0 Å². The summed E-state index contributed by atoms with van der Waals surface area (Å²) in [5.74, 6) is 0. The number of nitrogens with zero attached hydrogens (tertiary/aromatic N) is 2. The summed E-state index contributed by atoms with van der Waals surface area (Å²) in [5.41, 5.74) is 33.6. The number of fused-ring (bicyclic) bond motifs is 4. The van der Waals surface area contributed by atoms with Gasteiger partial charge in [0.25, 0.3) is 6.71 Å². The molecule has 0 aliphatic carbocycles. The molecule has 0 spiro atoms. The summed E-state index contributed by atoms with van der Waals surface area (Å²) in [6, 6.07) is 125. The highest BCUT2D eigenvalue weighted by Gasteiger charge is 2.46. The molecule has 3 heteroatoms. The van der Waals surface area contributed by atoms with Crippen LogP contribution in [-0.4, -0.2) is 6.71 Å². The van der Waals surface area contributed by atoms with Crippen molar-refractivity contribution in [2.24, 2.45) is 0 Å². The molecule has 0 bridgehead atoms. The van der Waals surface area contributed by atoms with E-state index in [-0.39, 0.29) is 17.5 Å². The molecule has 0 saturated carbocycles. The minimum atomic E-state index is -0.239. The highest BCUT2D eigenvalue weighted by Crippen LogP contribution is 2.56. The zero-order valence-electron chi connectivity index (χ0n) is 54.7. The van der Waals surface area contributed by atoms with Crippen LogP contribution in [0.5, 0.6) is 0 Å². The first-order valence-electron chi connectivity index (χ1n) is 33.4. The Balaban J connectivity index is 1.12. The van der Waals surface area contributed by atoms with Gasteiger partial charge in [-0.2, -0.15) is 0 Å². The van der Waals surface area contributed by atoms with E-state index in [2.05, 4.69) is 385 Å². The molecule has 2 aliphatic rings. The van der Waals surface area contributed by atoms with Crippen molar-refractivity contribution in [1.82, 2.24) is 0 Å². The highest BCUT2D eigenvalue weighted by molar-refractivity contribution is 7.00. The lowest BCUT2D eigenvalue weighted by atomic mass is 9.33. The first-order chi connectivity index (χ1) is 46.4. The molecule has 14 aromatic carbocycles. The third kappa shape index (κ3) is 10.8. The smallest absolute Gasteiger partial charge is 0.252 e. The lowest BCUT2D eigenvalue weighted by Gasteiger charge is -2.46. The van der Waals surface area contributed by atoms with Gasteiger partial charge >= 0.3 is 0 Å².